The molecule has 3 N–H and O–H groups in total. The minimum absolute atomic E-state index is 0.677. The van der Waals surface area contributed by atoms with Crippen molar-refractivity contribution in [1.82, 2.24) is 4.98 Å². The third-order valence-electron chi connectivity index (χ3n) is 2.78. The van der Waals surface area contributed by atoms with Gasteiger partial charge in [-0.3, -0.25) is 0 Å². The number of benzene rings is 1. The first kappa shape index (κ1) is 11.5. The molecule has 88 valence electrons. The van der Waals surface area contributed by atoms with Crippen LogP contribution >= 0.6 is 0 Å². The lowest BCUT2D eigenvalue weighted by Gasteiger charge is -2.13. The summed E-state index contributed by atoms with van der Waals surface area (Å²) in [5, 5.41) is 3.35. The van der Waals surface area contributed by atoms with Crippen molar-refractivity contribution in [3.8, 4) is 0 Å². The molecule has 0 amide bonds. The minimum Gasteiger partial charge on any atom is -0.397 e. The maximum Gasteiger partial charge on any atom is 0.130 e. The number of anilines is 3. The summed E-state index contributed by atoms with van der Waals surface area (Å²) >= 11 is 0. The van der Waals surface area contributed by atoms with Gasteiger partial charge in [0.25, 0.3) is 0 Å². The van der Waals surface area contributed by atoms with Crippen LogP contribution in [-0.4, -0.2) is 4.98 Å². The molecule has 0 unspecified atom stereocenters. The Morgan fingerprint density at radius 1 is 1.24 bits per heavy atom. The highest BCUT2D eigenvalue weighted by Gasteiger charge is 2.04. The topological polar surface area (TPSA) is 50.9 Å². The second-order valence-electron chi connectivity index (χ2n) is 4.06. The van der Waals surface area contributed by atoms with Gasteiger partial charge in [-0.2, -0.15) is 0 Å². The van der Waals surface area contributed by atoms with Crippen LogP contribution in [-0.2, 0) is 6.42 Å². The molecule has 3 heteroatoms. The summed E-state index contributed by atoms with van der Waals surface area (Å²) in [6, 6.07) is 10.0. The number of hydrogen-bond donors (Lipinski definition) is 2. The van der Waals surface area contributed by atoms with E-state index in [9.17, 15) is 0 Å². The van der Waals surface area contributed by atoms with Gasteiger partial charge in [-0.25, -0.2) is 4.98 Å². The maximum absolute atomic E-state index is 5.62. The van der Waals surface area contributed by atoms with Crippen LogP contribution in [0.1, 0.15) is 18.1 Å². The van der Waals surface area contributed by atoms with E-state index in [-0.39, 0.29) is 0 Å². The predicted molar refractivity (Wildman–Crippen MR) is 72.5 cm³/mol. The molecule has 17 heavy (non-hydrogen) atoms. The van der Waals surface area contributed by atoms with Crippen molar-refractivity contribution in [3.05, 3.63) is 47.7 Å². The highest BCUT2D eigenvalue weighted by atomic mass is 15.0. The van der Waals surface area contributed by atoms with E-state index in [4.69, 9.17) is 5.73 Å². The van der Waals surface area contributed by atoms with Gasteiger partial charge in [-0.15, -0.1) is 0 Å². The molecule has 0 saturated heterocycles. The molecule has 2 rings (SSSR count). The van der Waals surface area contributed by atoms with Crippen molar-refractivity contribution < 1.29 is 0 Å². The van der Waals surface area contributed by atoms with Gasteiger partial charge in [0, 0.05) is 5.69 Å². The fraction of sp³-hybridized carbons (Fsp3) is 0.214. The highest BCUT2D eigenvalue weighted by molar-refractivity contribution is 5.65. The lowest BCUT2D eigenvalue weighted by atomic mass is 10.1. The lowest BCUT2D eigenvalue weighted by molar-refractivity contribution is 1.13. The van der Waals surface area contributed by atoms with E-state index in [1.807, 2.05) is 12.1 Å². The van der Waals surface area contributed by atoms with Crippen LogP contribution < -0.4 is 11.1 Å². The van der Waals surface area contributed by atoms with E-state index in [1.165, 1.54) is 11.1 Å². The summed E-state index contributed by atoms with van der Waals surface area (Å²) in [5.41, 5.74) is 9.96. The van der Waals surface area contributed by atoms with Crippen molar-refractivity contribution in [2.45, 2.75) is 20.3 Å². The van der Waals surface area contributed by atoms with Crippen LogP contribution in [0.4, 0.5) is 17.2 Å². The average molecular weight is 227 g/mol. The zero-order valence-electron chi connectivity index (χ0n) is 10.2. The van der Waals surface area contributed by atoms with Gasteiger partial charge in [-0.1, -0.05) is 25.1 Å². The van der Waals surface area contributed by atoms with Crippen LogP contribution in [0.2, 0.25) is 0 Å². The Morgan fingerprint density at radius 2 is 2.06 bits per heavy atom. The largest absolute Gasteiger partial charge is 0.397 e. The second-order valence-corrected chi connectivity index (χ2v) is 4.06. The minimum atomic E-state index is 0.677. The Balaban J connectivity index is 2.32. The lowest BCUT2D eigenvalue weighted by Crippen LogP contribution is -2.00. The van der Waals surface area contributed by atoms with Crippen LogP contribution in [0.15, 0.2) is 36.5 Å². The normalized spacial score (nSPS) is 10.2. The van der Waals surface area contributed by atoms with Crippen molar-refractivity contribution in [1.29, 1.82) is 0 Å². The third-order valence-corrected chi connectivity index (χ3v) is 2.78. The molecule has 2 aromatic rings. The summed E-state index contributed by atoms with van der Waals surface area (Å²) in [5.74, 6) is 0.822. The van der Waals surface area contributed by atoms with Gasteiger partial charge >= 0.3 is 0 Å². The third kappa shape index (κ3) is 2.56. The summed E-state index contributed by atoms with van der Waals surface area (Å²) in [7, 11) is 0. The first-order valence-electron chi connectivity index (χ1n) is 5.77. The second kappa shape index (κ2) is 4.87. The van der Waals surface area contributed by atoms with Crippen LogP contribution in [0, 0.1) is 6.92 Å². The zero-order chi connectivity index (χ0) is 12.3. The molecular weight excluding hydrogens is 210 g/mol. The number of nitrogens with two attached hydrogens (primary N) is 1. The molecule has 0 atom stereocenters. The fourth-order valence-electron chi connectivity index (χ4n) is 1.81. The van der Waals surface area contributed by atoms with Crippen molar-refractivity contribution in [3.63, 3.8) is 0 Å². The molecule has 0 spiro atoms. The first-order valence-corrected chi connectivity index (χ1v) is 5.77. The summed E-state index contributed by atoms with van der Waals surface area (Å²) in [6.45, 7) is 4.25. The molecule has 1 aromatic carbocycles. The SMILES string of the molecule is CCc1cccc(C)c1Nc1ccc(N)cn1. The average Bonchev–Trinajstić information content (AvgIpc) is 2.34. The van der Waals surface area contributed by atoms with E-state index in [1.54, 1.807) is 6.20 Å². The standard InChI is InChI=1S/C14H17N3/c1-3-11-6-4-5-10(2)14(11)17-13-8-7-12(15)9-16-13/h4-9H,3,15H2,1-2H3,(H,16,17). The summed E-state index contributed by atoms with van der Waals surface area (Å²) in [4.78, 5) is 4.25. The number of nitrogens with one attached hydrogen (secondary N) is 1. The Labute approximate surface area is 102 Å². The maximum atomic E-state index is 5.62. The van der Waals surface area contributed by atoms with Crippen LogP contribution in [0.5, 0.6) is 0 Å². The molecule has 1 heterocycles. The molecule has 0 radical (unpaired) electrons. The van der Waals surface area contributed by atoms with E-state index >= 15 is 0 Å². The highest BCUT2D eigenvalue weighted by Crippen LogP contribution is 2.24. The van der Waals surface area contributed by atoms with Gasteiger partial charge in [-0.05, 0) is 36.6 Å². The molecule has 1 aromatic heterocycles. The molecule has 3 nitrogen and oxygen atoms in total. The molecule has 0 aliphatic heterocycles. The predicted octanol–water partition coefficient (Wildman–Crippen LogP) is 3.28. The quantitative estimate of drug-likeness (QED) is 0.846. The summed E-state index contributed by atoms with van der Waals surface area (Å²) in [6.07, 6.45) is 2.66. The number of aryl methyl sites for hydroxylation is 2. The number of nitrogen functional groups attached to an aromatic ring is 1. The fourth-order valence-corrected chi connectivity index (χ4v) is 1.81. The van der Waals surface area contributed by atoms with E-state index < -0.39 is 0 Å². The Morgan fingerprint density at radius 3 is 2.71 bits per heavy atom. The van der Waals surface area contributed by atoms with Gasteiger partial charge in [0.2, 0.25) is 0 Å². The van der Waals surface area contributed by atoms with Crippen molar-refractivity contribution in [2.75, 3.05) is 11.1 Å². The number of pyridine rings is 1. The molecule has 0 fully saturated rings. The Bertz CT molecular complexity index is 503. The van der Waals surface area contributed by atoms with Crippen LogP contribution in [0.3, 0.4) is 0 Å². The van der Waals surface area contributed by atoms with E-state index in [2.05, 4.69) is 42.3 Å². The van der Waals surface area contributed by atoms with E-state index in [0.29, 0.717) is 5.69 Å². The molecule has 0 aliphatic carbocycles. The van der Waals surface area contributed by atoms with Crippen LogP contribution in [0.25, 0.3) is 0 Å². The molecule has 0 bridgehead atoms. The Kier molecular flexibility index (Phi) is 3.28. The van der Waals surface area contributed by atoms with Gasteiger partial charge in [0.05, 0.1) is 11.9 Å². The Hall–Kier alpha value is -2.03. The number of hydrogen-bond acceptors (Lipinski definition) is 3. The van der Waals surface area contributed by atoms with Gasteiger partial charge in [0.15, 0.2) is 0 Å². The van der Waals surface area contributed by atoms with Gasteiger partial charge < -0.3 is 11.1 Å². The molecular formula is C14H17N3. The number of para-hydroxylation sites is 1. The summed E-state index contributed by atoms with van der Waals surface area (Å²) < 4.78 is 0. The number of aromatic nitrogens is 1. The van der Waals surface area contributed by atoms with E-state index in [0.717, 1.165) is 17.9 Å². The van der Waals surface area contributed by atoms with Crippen molar-refractivity contribution in [2.24, 2.45) is 0 Å². The number of rotatable bonds is 3. The molecule has 0 saturated carbocycles. The zero-order valence-corrected chi connectivity index (χ0v) is 10.2. The number of nitrogens with zero attached hydrogens (tertiary/aromatic N) is 1. The molecule has 0 aliphatic rings. The van der Waals surface area contributed by atoms with Crippen molar-refractivity contribution >= 4 is 17.2 Å². The first-order chi connectivity index (χ1) is 8.20. The smallest absolute Gasteiger partial charge is 0.130 e. The van der Waals surface area contributed by atoms with Gasteiger partial charge in [0.1, 0.15) is 5.82 Å². The monoisotopic (exact) mass is 227 g/mol.